The number of ether oxygens (including phenoxy) is 1. The van der Waals surface area contributed by atoms with Gasteiger partial charge in [0, 0.05) is 18.1 Å². The van der Waals surface area contributed by atoms with Gasteiger partial charge >= 0.3 is 0 Å². The maximum Gasteiger partial charge on any atom is 0.275 e. The molecule has 0 fully saturated rings. The lowest BCUT2D eigenvalue weighted by Gasteiger charge is -2.08. The van der Waals surface area contributed by atoms with Crippen LogP contribution in [0.1, 0.15) is 30.5 Å². The summed E-state index contributed by atoms with van der Waals surface area (Å²) >= 11 is 1.37. The van der Waals surface area contributed by atoms with Crippen LogP contribution < -0.4 is 15.0 Å². The van der Waals surface area contributed by atoms with Crippen LogP contribution in [0.5, 0.6) is 5.75 Å². The number of rotatable bonds is 6. The summed E-state index contributed by atoms with van der Waals surface area (Å²) in [7, 11) is -3.36. The molecule has 0 atom stereocenters. The molecule has 0 aliphatic heterocycles. The number of hydrogen-bond acceptors (Lipinski definition) is 7. The zero-order chi connectivity index (χ0) is 18.9. The summed E-state index contributed by atoms with van der Waals surface area (Å²) < 4.78 is 31.9. The molecule has 3 rings (SSSR count). The van der Waals surface area contributed by atoms with Gasteiger partial charge in [0.1, 0.15) is 17.4 Å². The van der Waals surface area contributed by atoms with E-state index in [1.54, 1.807) is 24.3 Å². The first-order chi connectivity index (χ1) is 12.2. The molecule has 0 amide bonds. The van der Waals surface area contributed by atoms with Crippen LogP contribution >= 0.6 is 11.3 Å². The molecule has 0 spiro atoms. The Labute approximate surface area is 154 Å². The van der Waals surface area contributed by atoms with Crippen molar-refractivity contribution in [3.8, 4) is 5.75 Å². The molecule has 0 bridgehead atoms. The lowest BCUT2D eigenvalue weighted by atomic mass is 10.2. The van der Waals surface area contributed by atoms with E-state index >= 15 is 0 Å². The highest BCUT2D eigenvalue weighted by Crippen LogP contribution is 2.21. The Morgan fingerprint density at radius 2 is 2.08 bits per heavy atom. The second kappa shape index (κ2) is 7.04. The van der Waals surface area contributed by atoms with E-state index in [2.05, 4.69) is 14.8 Å². The number of nitrogens with zero attached hydrogens (tertiary/aromatic N) is 3. The molecule has 138 valence electrons. The fourth-order valence-electron chi connectivity index (χ4n) is 2.20. The van der Waals surface area contributed by atoms with Crippen molar-refractivity contribution >= 4 is 32.0 Å². The van der Waals surface area contributed by atoms with Crippen molar-refractivity contribution in [3.05, 3.63) is 51.4 Å². The summed E-state index contributed by atoms with van der Waals surface area (Å²) in [6, 6.07) is 7.94. The van der Waals surface area contributed by atoms with E-state index in [0.29, 0.717) is 22.1 Å². The highest BCUT2D eigenvalue weighted by atomic mass is 32.2. The summed E-state index contributed by atoms with van der Waals surface area (Å²) in [6.07, 6.45) is 1.08. The average molecular weight is 394 g/mol. The third kappa shape index (κ3) is 4.38. The average Bonchev–Trinajstić information content (AvgIpc) is 2.97. The van der Waals surface area contributed by atoms with E-state index in [0.717, 1.165) is 11.3 Å². The van der Waals surface area contributed by atoms with E-state index in [4.69, 9.17) is 4.74 Å². The van der Waals surface area contributed by atoms with Gasteiger partial charge in [0.25, 0.3) is 5.56 Å². The molecule has 10 heteroatoms. The third-order valence-electron chi connectivity index (χ3n) is 3.33. The first-order valence-corrected chi connectivity index (χ1v) is 10.5. The Morgan fingerprint density at radius 3 is 2.77 bits per heavy atom. The van der Waals surface area contributed by atoms with Crippen molar-refractivity contribution in [1.29, 1.82) is 0 Å². The van der Waals surface area contributed by atoms with Crippen LogP contribution in [0, 0.1) is 0 Å². The molecule has 0 radical (unpaired) electrons. The first kappa shape index (κ1) is 18.3. The zero-order valence-corrected chi connectivity index (χ0v) is 16.1. The van der Waals surface area contributed by atoms with Crippen molar-refractivity contribution in [2.24, 2.45) is 0 Å². The number of fused-ring (bicyclic) bond motifs is 1. The quantitative estimate of drug-likeness (QED) is 0.688. The second-order valence-corrected chi connectivity index (χ2v) is 8.80. The molecule has 26 heavy (non-hydrogen) atoms. The standard InChI is InChI=1S/C16H18N4O4S2/c1-10(2)15-18-20-14(21)8-12(17-16(20)25-15)9-24-13-6-4-5-11(7-13)19-26(3,22)23/h4-8,10,19H,9H2,1-3H3. The topological polar surface area (TPSA) is 103 Å². The molecule has 0 aliphatic rings. The predicted octanol–water partition coefficient (Wildman–Crippen LogP) is 2.22. The molecule has 0 saturated carbocycles. The second-order valence-electron chi connectivity index (χ2n) is 6.07. The Hall–Kier alpha value is -2.46. The minimum Gasteiger partial charge on any atom is -0.487 e. The Morgan fingerprint density at radius 1 is 1.31 bits per heavy atom. The largest absolute Gasteiger partial charge is 0.487 e. The fourth-order valence-corrected chi connectivity index (χ4v) is 3.68. The van der Waals surface area contributed by atoms with Gasteiger partial charge in [-0.2, -0.15) is 9.61 Å². The van der Waals surface area contributed by atoms with E-state index in [9.17, 15) is 13.2 Å². The Bertz CT molecular complexity index is 1100. The fraction of sp³-hybridized carbons (Fsp3) is 0.312. The Balaban J connectivity index is 1.79. The van der Waals surface area contributed by atoms with Crippen LogP contribution in [0.15, 0.2) is 35.1 Å². The van der Waals surface area contributed by atoms with Crippen LogP contribution in [0.3, 0.4) is 0 Å². The van der Waals surface area contributed by atoms with Crippen molar-refractivity contribution in [3.63, 3.8) is 0 Å². The summed E-state index contributed by atoms with van der Waals surface area (Å²) in [5, 5.41) is 5.11. The number of nitrogens with one attached hydrogen (secondary N) is 1. The first-order valence-electron chi connectivity index (χ1n) is 7.81. The molecule has 8 nitrogen and oxygen atoms in total. The minimum atomic E-state index is -3.36. The van der Waals surface area contributed by atoms with E-state index in [-0.39, 0.29) is 18.1 Å². The lowest BCUT2D eigenvalue weighted by Crippen LogP contribution is -2.16. The zero-order valence-electron chi connectivity index (χ0n) is 14.5. The van der Waals surface area contributed by atoms with Crippen LogP contribution in [0.2, 0.25) is 0 Å². The van der Waals surface area contributed by atoms with Crippen LogP contribution in [0.25, 0.3) is 4.96 Å². The molecule has 0 aliphatic carbocycles. The SMILES string of the molecule is CC(C)c1nn2c(=O)cc(COc3cccc(NS(C)(=O)=O)c3)nc2s1. The van der Waals surface area contributed by atoms with Crippen molar-refractivity contribution in [2.75, 3.05) is 11.0 Å². The lowest BCUT2D eigenvalue weighted by molar-refractivity contribution is 0.301. The summed E-state index contributed by atoms with van der Waals surface area (Å²) in [5.74, 6) is 0.679. The number of anilines is 1. The molecular formula is C16H18N4O4S2. The molecule has 2 heterocycles. The third-order valence-corrected chi connectivity index (χ3v) is 5.15. The van der Waals surface area contributed by atoms with Crippen LogP contribution in [0.4, 0.5) is 5.69 Å². The van der Waals surface area contributed by atoms with Crippen molar-refractivity contribution < 1.29 is 13.2 Å². The minimum absolute atomic E-state index is 0.0863. The maximum absolute atomic E-state index is 12.2. The monoisotopic (exact) mass is 394 g/mol. The number of hydrogen-bond donors (Lipinski definition) is 1. The Kier molecular flexibility index (Phi) is 4.97. The molecular weight excluding hydrogens is 376 g/mol. The number of aromatic nitrogens is 3. The molecule has 0 saturated heterocycles. The predicted molar refractivity (Wildman–Crippen MR) is 100 cm³/mol. The molecule has 2 aromatic heterocycles. The highest BCUT2D eigenvalue weighted by molar-refractivity contribution is 7.92. The van der Waals surface area contributed by atoms with Crippen molar-refractivity contribution in [2.45, 2.75) is 26.4 Å². The van der Waals surface area contributed by atoms with Crippen molar-refractivity contribution in [1.82, 2.24) is 14.6 Å². The maximum atomic E-state index is 12.2. The summed E-state index contributed by atoms with van der Waals surface area (Å²) in [4.78, 5) is 17.1. The molecule has 3 aromatic rings. The smallest absolute Gasteiger partial charge is 0.275 e. The van der Waals surface area contributed by atoms with Gasteiger partial charge in [-0.1, -0.05) is 31.3 Å². The number of sulfonamides is 1. The molecule has 0 unspecified atom stereocenters. The van der Waals surface area contributed by atoms with Gasteiger partial charge < -0.3 is 4.74 Å². The van der Waals surface area contributed by atoms with E-state index < -0.39 is 10.0 Å². The van der Waals surface area contributed by atoms with Crippen LogP contribution in [-0.4, -0.2) is 29.3 Å². The van der Waals surface area contributed by atoms with Gasteiger partial charge in [-0.3, -0.25) is 9.52 Å². The highest BCUT2D eigenvalue weighted by Gasteiger charge is 2.12. The molecule has 1 aromatic carbocycles. The van der Waals surface area contributed by atoms with Gasteiger partial charge in [0.15, 0.2) is 0 Å². The summed E-state index contributed by atoms with van der Waals surface area (Å²) in [5.41, 5.74) is 0.622. The van der Waals surface area contributed by atoms with Crippen LogP contribution in [-0.2, 0) is 16.6 Å². The van der Waals surface area contributed by atoms with Gasteiger partial charge in [-0.25, -0.2) is 13.4 Å². The van der Waals surface area contributed by atoms with Gasteiger partial charge in [0.2, 0.25) is 15.0 Å². The van der Waals surface area contributed by atoms with Gasteiger partial charge in [-0.15, -0.1) is 0 Å². The van der Waals surface area contributed by atoms with E-state index in [1.807, 2.05) is 13.8 Å². The van der Waals surface area contributed by atoms with Gasteiger partial charge in [-0.05, 0) is 12.1 Å². The normalized spacial score (nSPS) is 11.8. The van der Waals surface area contributed by atoms with Gasteiger partial charge in [0.05, 0.1) is 17.6 Å². The number of benzene rings is 1. The molecule has 1 N–H and O–H groups in total. The summed E-state index contributed by atoms with van der Waals surface area (Å²) in [6.45, 7) is 4.09. The van der Waals surface area contributed by atoms with E-state index in [1.165, 1.54) is 21.9 Å².